The van der Waals surface area contributed by atoms with Crippen molar-refractivity contribution < 1.29 is 13.5 Å². The summed E-state index contributed by atoms with van der Waals surface area (Å²) in [7, 11) is 1.70. The van der Waals surface area contributed by atoms with Gasteiger partial charge in [-0.05, 0) is 11.6 Å². The topological polar surface area (TPSA) is 116 Å². The first-order valence-corrected chi connectivity index (χ1v) is 12.5. The Balaban J connectivity index is 1.21. The maximum atomic E-state index is 13.4. The molecule has 0 bridgehead atoms. The number of fused-ring (bicyclic) bond motifs is 1. The summed E-state index contributed by atoms with van der Waals surface area (Å²) in [6.45, 7) is 1.52. The molecule has 3 N–H and O–H groups in total. The summed E-state index contributed by atoms with van der Waals surface area (Å²) in [5, 5.41) is 14.9. The number of ether oxygens (including phenoxy) is 1. The van der Waals surface area contributed by atoms with E-state index in [1.54, 1.807) is 18.1 Å². The number of hydrogen-bond acceptors (Lipinski definition) is 9. The molecule has 0 radical (unpaired) electrons. The van der Waals surface area contributed by atoms with Gasteiger partial charge in [0.25, 0.3) is 5.92 Å². The molecule has 0 spiro atoms. The molecule has 4 heterocycles. The number of hydrogen-bond donors (Lipinski definition) is 3. The van der Waals surface area contributed by atoms with Crippen LogP contribution in [0.25, 0.3) is 17.0 Å². The SMILES string of the molecule is CN/N=C(\C=N)c1ccc(CNc2cc(-c3cnc4cc(OCCN5CCC(F)(F)C5)ccn34)ncn2)cc1. The lowest BCUT2D eigenvalue weighted by atomic mass is 10.1. The number of hydrazone groups is 1. The molecule has 0 amide bonds. The Kier molecular flexibility index (Phi) is 7.73. The number of pyridine rings is 1. The Bertz CT molecular complexity index is 1470. The zero-order valence-corrected chi connectivity index (χ0v) is 21.4. The van der Waals surface area contributed by atoms with Gasteiger partial charge >= 0.3 is 0 Å². The summed E-state index contributed by atoms with van der Waals surface area (Å²) in [5.41, 5.74) is 7.35. The Hall–Kier alpha value is -4.45. The van der Waals surface area contributed by atoms with Crippen molar-refractivity contribution in [2.75, 3.05) is 38.6 Å². The number of nitrogens with one attached hydrogen (secondary N) is 3. The highest BCUT2D eigenvalue weighted by Crippen LogP contribution is 2.27. The molecule has 10 nitrogen and oxygen atoms in total. The van der Waals surface area contributed by atoms with Crippen LogP contribution < -0.4 is 15.5 Å². The van der Waals surface area contributed by atoms with Crippen molar-refractivity contribution >= 4 is 23.4 Å². The van der Waals surface area contributed by atoms with E-state index in [1.165, 1.54) is 12.5 Å². The van der Waals surface area contributed by atoms with Crippen molar-refractivity contribution in [2.45, 2.75) is 18.9 Å². The van der Waals surface area contributed by atoms with Crippen molar-refractivity contribution in [3.05, 3.63) is 72.3 Å². The van der Waals surface area contributed by atoms with Crippen molar-refractivity contribution in [1.82, 2.24) is 29.7 Å². The van der Waals surface area contributed by atoms with Crippen LogP contribution in [-0.2, 0) is 6.54 Å². The van der Waals surface area contributed by atoms with Gasteiger partial charge in [0.15, 0.2) is 0 Å². The Morgan fingerprint density at radius 3 is 2.77 bits per heavy atom. The van der Waals surface area contributed by atoms with E-state index >= 15 is 0 Å². The minimum absolute atomic E-state index is 0.0941. The van der Waals surface area contributed by atoms with Crippen molar-refractivity contribution in [3.8, 4) is 17.1 Å². The van der Waals surface area contributed by atoms with Crippen LogP contribution in [0.1, 0.15) is 17.5 Å². The predicted molar refractivity (Wildman–Crippen MR) is 146 cm³/mol. The third-order valence-electron chi connectivity index (χ3n) is 6.43. The third-order valence-corrected chi connectivity index (χ3v) is 6.43. The van der Waals surface area contributed by atoms with Gasteiger partial charge in [-0.2, -0.15) is 5.10 Å². The first-order valence-electron chi connectivity index (χ1n) is 12.5. The molecular weight excluding hydrogens is 504 g/mol. The maximum Gasteiger partial charge on any atom is 0.261 e. The van der Waals surface area contributed by atoms with E-state index < -0.39 is 5.92 Å². The van der Waals surface area contributed by atoms with Crippen LogP contribution in [0, 0.1) is 5.41 Å². The lowest BCUT2D eigenvalue weighted by Gasteiger charge is -2.15. The molecule has 1 aliphatic heterocycles. The molecule has 1 aliphatic rings. The van der Waals surface area contributed by atoms with Crippen LogP contribution in [0.3, 0.4) is 0 Å². The molecule has 0 unspecified atom stereocenters. The van der Waals surface area contributed by atoms with E-state index in [0.29, 0.717) is 54.9 Å². The molecule has 0 aliphatic carbocycles. The highest BCUT2D eigenvalue weighted by molar-refractivity contribution is 6.37. The second-order valence-corrected chi connectivity index (χ2v) is 9.17. The molecule has 202 valence electrons. The lowest BCUT2D eigenvalue weighted by molar-refractivity contribution is 0.0113. The second-order valence-electron chi connectivity index (χ2n) is 9.17. The number of anilines is 1. The van der Waals surface area contributed by atoms with Crippen LogP contribution in [-0.4, -0.2) is 75.4 Å². The van der Waals surface area contributed by atoms with Crippen LogP contribution in [0.2, 0.25) is 0 Å². The summed E-state index contributed by atoms with van der Waals surface area (Å²) in [5.74, 6) is -1.30. The number of rotatable bonds is 11. The van der Waals surface area contributed by atoms with Crippen LogP contribution in [0.4, 0.5) is 14.6 Å². The van der Waals surface area contributed by atoms with Gasteiger partial charge in [-0.25, -0.2) is 23.7 Å². The lowest BCUT2D eigenvalue weighted by Crippen LogP contribution is -2.29. The highest BCUT2D eigenvalue weighted by Gasteiger charge is 2.37. The van der Waals surface area contributed by atoms with Gasteiger partial charge in [0.05, 0.1) is 24.1 Å². The third kappa shape index (κ3) is 6.34. The van der Waals surface area contributed by atoms with E-state index in [2.05, 4.69) is 30.8 Å². The number of likely N-dealkylation sites (tertiary alicyclic amines) is 1. The number of imidazole rings is 1. The number of nitrogens with zero attached hydrogens (tertiary/aromatic N) is 6. The summed E-state index contributed by atoms with van der Waals surface area (Å²) in [4.78, 5) is 15.0. The van der Waals surface area contributed by atoms with Gasteiger partial charge in [0, 0.05) is 63.2 Å². The molecule has 1 fully saturated rings. The Morgan fingerprint density at radius 2 is 2.03 bits per heavy atom. The fraction of sp³-hybridized carbons (Fsp3) is 0.296. The van der Waals surface area contributed by atoms with Gasteiger partial charge in [-0.1, -0.05) is 24.3 Å². The zero-order valence-electron chi connectivity index (χ0n) is 21.4. The van der Waals surface area contributed by atoms with E-state index in [0.717, 1.165) is 16.8 Å². The summed E-state index contributed by atoms with van der Waals surface area (Å²) >= 11 is 0. The quantitative estimate of drug-likeness (QED) is 0.199. The fourth-order valence-electron chi connectivity index (χ4n) is 4.41. The molecule has 1 aromatic carbocycles. The molecule has 4 aromatic rings. The number of aromatic nitrogens is 4. The minimum Gasteiger partial charge on any atom is -0.492 e. The van der Waals surface area contributed by atoms with E-state index in [9.17, 15) is 8.78 Å². The molecular formula is C27H29F2N9O. The van der Waals surface area contributed by atoms with Gasteiger partial charge in [-0.15, -0.1) is 0 Å². The van der Waals surface area contributed by atoms with Gasteiger partial charge in [0.2, 0.25) is 0 Å². The van der Waals surface area contributed by atoms with Crippen LogP contribution in [0.15, 0.2) is 66.3 Å². The largest absolute Gasteiger partial charge is 0.492 e. The van der Waals surface area contributed by atoms with Crippen molar-refractivity contribution in [2.24, 2.45) is 5.10 Å². The van der Waals surface area contributed by atoms with E-state index in [-0.39, 0.29) is 13.0 Å². The second kappa shape index (κ2) is 11.5. The van der Waals surface area contributed by atoms with Gasteiger partial charge in [0.1, 0.15) is 35.9 Å². The maximum absolute atomic E-state index is 13.4. The average Bonchev–Trinajstić information content (AvgIpc) is 3.53. The standard InChI is InChI=1S/C27H29F2N9O/c1-31-36-23(14-30)20-4-2-19(3-5-20)15-32-25-13-22(34-18-35-25)24-16-33-26-12-21(6-8-38(24)26)39-11-10-37-9-7-27(28,29)17-37/h2-6,8,12-14,16,18,30-31H,7,9-11,15,17H2,1H3,(H,32,34,35)/b30-14?,36-23+. The summed E-state index contributed by atoms with van der Waals surface area (Å²) < 4.78 is 34.4. The van der Waals surface area contributed by atoms with Crippen LogP contribution >= 0.6 is 0 Å². The van der Waals surface area contributed by atoms with Crippen molar-refractivity contribution in [3.63, 3.8) is 0 Å². The smallest absolute Gasteiger partial charge is 0.261 e. The van der Waals surface area contributed by atoms with Gasteiger partial charge < -0.3 is 20.9 Å². The molecule has 3 aromatic heterocycles. The molecule has 12 heteroatoms. The Labute approximate surface area is 224 Å². The molecule has 0 saturated carbocycles. The molecule has 1 saturated heterocycles. The average molecular weight is 534 g/mol. The Morgan fingerprint density at radius 1 is 1.18 bits per heavy atom. The van der Waals surface area contributed by atoms with Crippen molar-refractivity contribution in [1.29, 1.82) is 5.41 Å². The summed E-state index contributed by atoms with van der Waals surface area (Å²) in [6.07, 6.45) is 6.21. The number of halogens is 2. The van der Waals surface area contributed by atoms with Gasteiger partial charge in [-0.3, -0.25) is 9.30 Å². The summed E-state index contributed by atoms with van der Waals surface area (Å²) in [6, 6.07) is 13.3. The first kappa shape index (κ1) is 26.2. The van der Waals surface area contributed by atoms with E-state index in [1.807, 2.05) is 53.1 Å². The molecule has 39 heavy (non-hydrogen) atoms. The van der Waals surface area contributed by atoms with Crippen LogP contribution in [0.5, 0.6) is 5.75 Å². The number of benzene rings is 1. The normalized spacial score (nSPS) is 15.4. The highest BCUT2D eigenvalue weighted by atomic mass is 19.3. The van der Waals surface area contributed by atoms with E-state index in [4.69, 9.17) is 10.1 Å². The monoisotopic (exact) mass is 533 g/mol. The minimum atomic E-state index is -2.60. The zero-order chi connectivity index (χ0) is 27.2. The first-order chi connectivity index (χ1) is 18.9. The molecule has 5 rings (SSSR count). The number of alkyl halides is 2. The fourth-order valence-corrected chi connectivity index (χ4v) is 4.41. The predicted octanol–water partition coefficient (Wildman–Crippen LogP) is 3.70. The molecule has 0 atom stereocenters.